The summed E-state index contributed by atoms with van der Waals surface area (Å²) in [4.78, 5) is 7.06. The van der Waals surface area contributed by atoms with E-state index in [1.54, 1.807) is 0 Å². The first-order valence-corrected chi connectivity index (χ1v) is 8.44. The summed E-state index contributed by atoms with van der Waals surface area (Å²) in [5.41, 5.74) is 5.58. The van der Waals surface area contributed by atoms with Gasteiger partial charge in [0.1, 0.15) is 11.4 Å². The maximum absolute atomic E-state index is 5.68. The maximum atomic E-state index is 5.68. The number of rotatable bonds is 6. The normalized spacial score (nSPS) is 11.4. The Morgan fingerprint density at radius 2 is 1.88 bits per heavy atom. The molecule has 0 spiro atoms. The first-order valence-electron chi connectivity index (χ1n) is 8.44. The molecule has 0 unspecified atom stereocenters. The van der Waals surface area contributed by atoms with Gasteiger partial charge in [-0.1, -0.05) is 6.92 Å². The van der Waals surface area contributed by atoms with Gasteiger partial charge >= 0.3 is 0 Å². The number of imidazole rings is 1. The van der Waals surface area contributed by atoms with Gasteiger partial charge in [-0.3, -0.25) is 0 Å². The standard InChI is InChI=1S/C20H25N3O/c1-5-12-24-17-8-6-16(7-9-17)20-18(14-22(3)4)23-11-10-15(2)13-19(23)21-20/h6-11,13H,5,12,14H2,1-4H3. The number of hydrogen-bond acceptors (Lipinski definition) is 3. The van der Waals surface area contributed by atoms with E-state index in [1.807, 2.05) is 12.1 Å². The Hall–Kier alpha value is -2.33. The minimum absolute atomic E-state index is 0.749. The van der Waals surface area contributed by atoms with Crippen LogP contribution in [-0.4, -0.2) is 35.0 Å². The van der Waals surface area contributed by atoms with Crippen LogP contribution < -0.4 is 4.74 Å². The summed E-state index contributed by atoms with van der Waals surface area (Å²) in [5.74, 6) is 0.911. The molecule has 0 amide bonds. The van der Waals surface area contributed by atoms with Crippen LogP contribution in [0.4, 0.5) is 0 Å². The Morgan fingerprint density at radius 3 is 2.54 bits per heavy atom. The molecule has 0 radical (unpaired) electrons. The molecule has 0 fully saturated rings. The third kappa shape index (κ3) is 3.44. The van der Waals surface area contributed by atoms with Gasteiger partial charge in [0.2, 0.25) is 0 Å². The number of aromatic nitrogens is 2. The summed E-state index contributed by atoms with van der Waals surface area (Å²) in [6, 6.07) is 12.5. The molecule has 0 aliphatic carbocycles. The molecule has 4 nitrogen and oxygen atoms in total. The molecule has 3 aromatic rings. The van der Waals surface area contributed by atoms with Gasteiger partial charge in [0.05, 0.1) is 18.0 Å². The van der Waals surface area contributed by atoms with Gasteiger partial charge in [-0.15, -0.1) is 0 Å². The molecule has 3 rings (SSSR count). The lowest BCUT2D eigenvalue weighted by molar-refractivity contribution is 0.317. The average Bonchev–Trinajstić information content (AvgIpc) is 2.90. The van der Waals surface area contributed by atoms with Crippen molar-refractivity contribution < 1.29 is 4.74 Å². The maximum Gasteiger partial charge on any atom is 0.137 e. The molecule has 0 atom stereocenters. The van der Waals surface area contributed by atoms with Crippen LogP contribution in [0.3, 0.4) is 0 Å². The third-order valence-corrected chi connectivity index (χ3v) is 3.95. The number of nitrogens with zero attached hydrogens (tertiary/aromatic N) is 3. The highest BCUT2D eigenvalue weighted by atomic mass is 16.5. The van der Waals surface area contributed by atoms with Crippen LogP contribution in [0, 0.1) is 6.92 Å². The van der Waals surface area contributed by atoms with E-state index < -0.39 is 0 Å². The molecule has 4 heteroatoms. The molecule has 2 heterocycles. The summed E-state index contributed by atoms with van der Waals surface area (Å²) >= 11 is 0. The van der Waals surface area contributed by atoms with E-state index in [0.717, 1.165) is 42.2 Å². The number of ether oxygens (including phenoxy) is 1. The molecule has 0 N–H and O–H groups in total. The Balaban J connectivity index is 2.03. The van der Waals surface area contributed by atoms with Crippen LogP contribution in [0.2, 0.25) is 0 Å². The van der Waals surface area contributed by atoms with Crippen molar-refractivity contribution in [3.05, 3.63) is 53.9 Å². The van der Waals surface area contributed by atoms with E-state index in [-0.39, 0.29) is 0 Å². The van der Waals surface area contributed by atoms with Gasteiger partial charge in [0.15, 0.2) is 0 Å². The number of pyridine rings is 1. The molecule has 1 aromatic carbocycles. The average molecular weight is 323 g/mol. The molecule has 24 heavy (non-hydrogen) atoms. The molecule has 0 aliphatic rings. The monoisotopic (exact) mass is 323 g/mol. The second-order valence-electron chi connectivity index (χ2n) is 6.45. The number of aryl methyl sites for hydroxylation is 1. The van der Waals surface area contributed by atoms with Crippen molar-refractivity contribution in [1.82, 2.24) is 14.3 Å². The zero-order chi connectivity index (χ0) is 17.1. The Bertz CT molecular complexity index is 819. The van der Waals surface area contributed by atoms with E-state index in [0.29, 0.717) is 0 Å². The molecule has 0 bridgehead atoms. The molecule has 0 saturated heterocycles. The largest absolute Gasteiger partial charge is 0.494 e. The van der Waals surface area contributed by atoms with Crippen LogP contribution in [0.15, 0.2) is 42.6 Å². The second kappa shape index (κ2) is 7.05. The summed E-state index contributed by atoms with van der Waals surface area (Å²) < 4.78 is 7.87. The van der Waals surface area contributed by atoms with Gasteiger partial charge in [-0.25, -0.2) is 4.98 Å². The van der Waals surface area contributed by atoms with E-state index in [2.05, 4.69) is 67.7 Å². The Labute approximate surface area is 143 Å². The van der Waals surface area contributed by atoms with Crippen LogP contribution in [0.5, 0.6) is 5.75 Å². The van der Waals surface area contributed by atoms with Crippen molar-refractivity contribution >= 4 is 5.65 Å². The molecule has 0 aliphatic heterocycles. The predicted octanol–water partition coefficient (Wildman–Crippen LogP) is 4.16. The number of hydrogen-bond donors (Lipinski definition) is 0. The van der Waals surface area contributed by atoms with Crippen molar-refractivity contribution in [2.24, 2.45) is 0 Å². The molecule has 2 aromatic heterocycles. The van der Waals surface area contributed by atoms with E-state index in [9.17, 15) is 0 Å². The second-order valence-corrected chi connectivity index (χ2v) is 6.45. The van der Waals surface area contributed by atoms with Gasteiger partial charge in [-0.2, -0.15) is 0 Å². The minimum Gasteiger partial charge on any atom is -0.494 e. The zero-order valence-electron chi connectivity index (χ0n) is 14.9. The summed E-state index contributed by atoms with van der Waals surface area (Å²) in [6.07, 6.45) is 3.12. The highest BCUT2D eigenvalue weighted by Gasteiger charge is 2.15. The Morgan fingerprint density at radius 1 is 1.12 bits per heavy atom. The minimum atomic E-state index is 0.749. The fourth-order valence-corrected chi connectivity index (χ4v) is 2.81. The van der Waals surface area contributed by atoms with Crippen molar-refractivity contribution in [3.8, 4) is 17.0 Å². The van der Waals surface area contributed by atoms with E-state index in [4.69, 9.17) is 9.72 Å². The van der Waals surface area contributed by atoms with E-state index >= 15 is 0 Å². The first kappa shape index (κ1) is 16.5. The molecular formula is C20H25N3O. The van der Waals surface area contributed by atoms with Gasteiger partial charge in [-0.05, 0) is 69.4 Å². The van der Waals surface area contributed by atoms with Crippen molar-refractivity contribution in [3.63, 3.8) is 0 Å². The summed E-state index contributed by atoms with van der Waals surface area (Å²) in [7, 11) is 4.16. The van der Waals surface area contributed by atoms with Crippen LogP contribution in [-0.2, 0) is 6.54 Å². The SMILES string of the molecule is CCCOc1ccc(-c2nc3cc(C)ccn3c2CN(C)C)cc1. The van der Waals surface area contributed by atoms with Crippen LogP contribution in [0.25, 0.3) is 16.9 Å². The van der Waals surface area contributed by atoms with Crippen molar-refractivity contribution in [2.75, 3.05) is 20.7 Å². The fraction of sp³-hybridized carbons (Fsp3) is 0.350. The van der Waals surface area contributed by atoms with Crippen molar-refractivity contribution in [2.45, 2.75) is 26.8 Å². The zero-order valence-corrected chi connectivity index (χ0v) is 14.9. The smallest absolute Gasteiger partial charge is 0.137 e. The summed E-state index contributed by atoms with van der Waals surface area (Å²) in [5, 5.41) is 0. The number of benzene rings is 1. The van der Waals surface area contributed by atoms with Crippen LogP contribution >= 0.6 is 0 Å². The third-order valence-electron chi connectivity index (χ3n) is 3.95. The quantitative estimate of drug-likeness (QED) is 0.682. The molecule has 126 valence electrons. The Kier molecular flexibility index (Phi) is 4.86. The van der Waals surface area contributed by atoms with Gasteiger partial charge in [0.25, 0.3) is 0 Å². The molecular weight excluding hydrogens is 298 g/mol. The van der Waals surface area contributed by atoms with Gasteiger partial charge in [0, 0.05) is 18.3 Å². The topological polar surface area (TPSA) is 29.8 Å². The predicted molar refractivity (Wildman–Crippen MR) is 98.5 cm³/mol. The highest BCUT2D eigenvalue weighted by Crippen LogP contribution is 2.27. The summed E-state index contributed by atoms with van der Waals surface area (Å²) in [6.45, 7) is 5.80. The fourth-order valence-electron chi connectivity index (χ4n) is 2.81. The lowest BCUT2D eigenvalue weighted by atomic mass is 10.1. The van der Waals surface area contributed by atoms with E-state index in [1.165, 1.54) is 11.3 Å². The number of fused-ring (bicyclic) bond motifs is 1. The lowest BCUT2D eigenvalue weighted by Gasteiger charge is -2.12. The lowest BCUT2D eigenvalue weighted by Crippen LogP contribution is -2.13. The van der Waals surface area contributed by atoms with Crippen molar-refractivity contribution in [1.29, 1.82) is 0 Å². The van der Waals surface area contributed by atoms with Crippen LogP contribution in [0.1, 0.15) is 24.6 Å². The first-order chi connectivity index (χ1) is 11.6. The molecule has 0 saturated carbocycles. The highest BCUT2D eigenvalue weighted by molar-refractivity contribution is 5.67. The van der Waals surface area contributed by atoms with Gasteiger partial charge < -0.3 is 14.0 Å².